The van der Waals surface area contributed by atoms with E-state index in [1.54, 1.807) is 32.0 Å². The Kier molecular flexibility index (Phi) is 4.77. The predicted octanol–water partition coefficient (Wildman–Crippen LogP) is 2.80. The van der Waals surface area contributed by atoms with Gasteiger partial charge in [-0.3, -0.25) is 14.9 Å². The molecule has 1 aromatic carbocycles. The van der Waals surface area contributed by atoms with Crippen molar-refractivity contribution >= 4 is 17.2 Å². The average molecular weight is 292 g/mol. The summed E-state index contributed by atoms with van der Waals surface area (Å²) in [7, 11) is 0. The second kappa shape index (κ2) is 6.56. The first-order valence-electron chi connectivity index (χ1n) is 7.20. The van der Waals surface area contributed by atoms with E-state index >= 15 is 0 Å². The average Bonchev–Trinajstić information content (AvgIpc) is 2.47. The Morgan fingerprint density at radius 2 is 2.29 bits per heavy atom. The summed E-state index contributed by atoms with van der Waals surface area (Å²) >= 11 is 0. The summed E-state index contributed by atoms with van der Waals surface area (Å²) in [5.41, 5.74) is 0.528. The minimum Gasteiger partial charge on any atom is -0.487 e. The number of carbonyl (C=O) groups excluding carboxylic acids is 1. The van der Waals surface area contributed by atoms with Gasteiger partial charge in [0.25, 0.3) is 0 Å². The van der Waals surface area contributed by atoms with Crippen LogP contribution in [0.25, 0.3) is 0 Å². The van der Waals surface area contributed by atoms with Gasteiger partial charge in [0.05, 0.1) is 11.5 Å². The van der Waals surface area contributed by atoms with Crippen LogP contribution >= 0.6 is 0 Å². The Morgan fingerprint density at radius 3 is 2.90 bits per heavy atom. The molecule has 0 aromatic heterocycles. The first-order valence-corrected chi connectivity index (χ1v) is 7.20. The Balaban J connectivity index is 2.36. The molecule has 1 atom stereocenters. The zero-order chi connectivity index (χ0) is 15.4. The molecule has 1 fully saturated rings. The zero-order valence-electron chi connectivity index (χ0n) is 12.4. The van der Waals surface area contributed by atoms with Gasteiger partial charge in [0, 0.05) is 19.0 Å². The Hall–Kier alpha value is -2.11. The van der Waals surface area contributed by atoms with E-state index in [4.69, 9.17) is 4.74 Å². The molecule has 1 aliphatic rings. The molecule has 114 valence electrons. The van der Waals surface area contributed by atoms with Crippen LogP contribution in [0.1, 0.15) is 26.7 Å². The molecule has 21 heavy (non-hydrogen) atoms. The van der Waals surface area contributed by atoms with E-state index in [0.29, 0.717) is 18.8 Å². The third kappa shape index (κ3) is 3.32. The van der Waals surface area contributed by atoms with Gasteiger partial charge in [-0.15, -0.1) is 0 Å². The zero-order valence-corrected chi connectivity index (χ0v) is 12.4. The normalized spacial score (nSPS) is 18.4. The summed E-state index contributed by atoms with van der Waals surface area (Å²) in [6.07, 6.45) is 1.71. The van der Waals surface area contributed by atoms with Crippen molar-refractivity contribution in [2.45, 2.75) is 26.7 Å². The van der Waals surface area contributed by atoms with Gasteiger partial charge >= 0.3 is 5.69 Å². The molecule has 1 aromatic rings. The fourth-order valence-electron chi connectivity index (χ4n) is 2.75. The Bertz CT molecular complexity index is 544. The van der Waals surface area contributed by atoms with Gasteiger partial charge in [-0.05, 0) is 38.8 Å². The fraction of sp³-hybridized carbons (Fsp3) is 0.533. The lowest BCUT2D eigenvalue weighted by Crippen LogP contribution is -2.38. The lowest BCUT2D eigenvalue weighted by Gasteiger charge is -2.33. The standard InChI is InChI=1S/C15H20N2O4/c1-3-21-14-8-4-7-13(15(14)17(19)20)16-9-5-6-12(10-16)11(2)18/h4,7-8,12H,3,5-6,9-10H2,1-2H3. The van der Waals surface area contributed by atoms with Crippen LogP contribution in [0.3, 0.4) is 0 Å². The fourth-order valence-corrected chi connectivity index (χ4v) is 2.75. The van der Waals surface area contributed by atoms with Crippen LogP contribution in [0, 0.1) is 16.0 Å². The Morgan fingerprint density at radius 1 is 1.52 bits per heavy atom. The van der Waals surface area contributed by atoms with Crippen molar-refractivity contribution < 1.29 is 14.5 Å². The van der Waals surface area contributed by atoms with Crippen molar-refractivity contribution in [3.8, 4) is 5.75 Å². The number of carbonyl (C=O) groups is 1. The third-order valence-electron chi connectivity index (χ3n) is 3.80. The monoisotopic (exact) mass is 292 g/mol. The molecule has 0 N–H and O–H groups in total. The van der Waals surface area contributed by atoms with Crippen LogP contribution in [-0.2, 0) is 4.79 Å². The molecule has 0 aliphatic carbocycles. The molecule has 6 heteroatoms. The lowest BCUT2D eigenvalue weighted by atomic mass is 9.94. The number of nitrogens with zero attached hydrogens (tertiary/aromatic N) is 2. The number of hydrogen-bond donors (Lipinski definition) is 0. The van der Waals surface area contributed by atoms with E-state index in [-0.39, 0.29) is 23.1 Å². The highest BCUT2D eigenvalue weighted by molar-refractivity contribution is 5.80. The number of ketones is 1. The smallest absolute Gasteiger partial charge is 0.333 e. The van der Waals surface area contributed by atoms with Crippen molar-refractivity contribution in [2.24, 2.45) is 5.92 Å². The second-order valence-electron chi connectivity index (χ2n) is 5.21. The highest BCUT2D eigenvalue weighted by atomic mass is 16.6. The minimum atomic E-state index is -0.405. The van der Waals surface area contributed by atoms with Crippen molar-refractivity contribution in [1.29, 1.82) is 0 Å². The second-order valence-corrected chi connectivity index (χ2v) is 5.21. The van der Waals surface area contributed by atoms with Crippen LogP contribution in [0.15, 0.2) is 18.2 Å². The van der Waals surface area contributed by atoms with Crippen LogP contribution in [0.4, 0.5) is 11.4 Å². The summed E-state index contributed by atoms with van der Waals surface area (Å²) in [5.74, 6) is 0.377. The van der Waals surface area contributed by atoms with E-state index in [1.165, 1.54) is 0 Å². The summed E-state index contributed by atoms with van der Waals surface area (Å²) in [6.45, 7) is 5.01. The van der Waals surface area contributed by atoms with Crippen LogP contribution in [0.2, 0.25) is 0 Å². The molecule has 1 aliphatic heterocycles. The Labute approximate surface area is 123 Å². The predicted molar refractivity (Wildman–Crippen MR) is 79.9 cm³/mol. The van der Waals surface area contributed by atoms with Crippen molar-refractivity contribution in [1.82, 2.24) is 0 Å². The molecule has 0 saturated carbocycles. The third-order valence-corrected chi connectivity index (χ3v) is 3.80. The van der Waals surface area contributed by atoms with E-state index in [2.05, 4.69) is 0 Å². The van der Waals surface area contributed by atoms with Gasteiger partial charge < -0.3 is 9.64 Å². The van der Waals surface area contributed by atoms with Crippen molar-refractivity contribution in [2.75, 3.05) is 24.6 Å². The molecular formula is C15H20N2O4. The summed E-state index contributed by atoms with van der Waals surface area (Å²) in [4.78, 5) is 24.5. The number of nitro groups is 1. The molecule has 2 rings (SSSR count). The molecule has 0 amide bonds. The van der Waals surface area contributed by atoms with Crippen LogP contribution in [0.5, 0.6) is 5.75 Å². The van der Waals surface area contributed by atoms with Crippen molar-refractivity contribution in [3.05, 3.63) is 28.3 Å². The van der Waals surface area contributed by atoms with E-state index in [0.717, 1.165) is 19.4 Å². The van der Waals surface area contributed by atoms with Gasteiger partial charge in [-0.2, -0.15) is 0 Å². The van der Waals surface area contributed by atoms with Gasteiger partial charge in [0.2, 0.25) is 0 Å². The van der Waals surface area contributed by atoms with Gasteiger partial charge in [-0.1, -0.05) is 6.07 Å². The maximum absolute atomic E-state index is 11.6. The number of nitro benzene ring substituents is 1. The van der Waals surface area contributed by atoms with Gasteiger partial charge in [-0.25, -0.2) is 0 Å². The highest BCUT2D eigenvalue weighted by Crippen LogP contribution is 2.38. The van der Waals surface area contributed by atoms with E-state index in [9.17, 15) is 14.9 Å². The number of hydrogen-bond acceptors (Lipinski definition) is 5. The highest BCUT2D eigenvalue weighted by Gasteiger charge is 2.29. The molecule has 1 unspecified atom stereocenters. The molecule has 0 bridgehead atoms. The van der Waals surface area contributed by atoms with Gasteiger partial charge in [0.1, 0.15) is 11.5 Å². The van der Waals surface area contributed by atoms with E-state index < -0.39 is 4.92 Å². The lowest BCUT2D eigenvalue weighted by molar-refractivity contribution is -0.385. The summed E-state index contributed by atoms with van der Waals surface area (Å²) in [6, 6.07) is 5.09. The largest absolute Gasteiger partial charge is 0.487 e. The molecule has 1 heterocycles. The summed E-state index contributed by atoms with van der Waals surface area (Å²) in [5, 5.41) is 11.4. The number of ether oxygens (including phenoxy) is 1. The maximum Gasteiger partial charge on any atom is 0.333 e. The van der Waals surface area contributed by atoms with Crippen LogP contribution < -0.4 is 9.64 Å². The quantitative estimate of drug-likeness (QED) is 0.616. The number of anilines is 1. The molecular weight excluding hydrogens is 272 g/mol. The van der Waals surface area contributed by atoms with E-state index in [1.807, 2.05) is 4.90 Å². The minimum absolute atomic E-state index is 0.0106. The molecule has 1 saturated heterocycles. The number of piperidine rings is 1. The number of rotatable bonds is 5. The van der Waals surface area contributed by atoms with Gasteiger partial charge in [0.15, 0.2) is 5.75 Å². The molecule has 0 spiro atoms. The molecule has 6 nitrogen and oxygen atoms in total. The van der Waals surface area contributed by atoms with Crippen LogP contribution in [-0.4, -0.2) is 30.4 Å². The molecule has 0 radical (unpaired) electrons. The topological polar surface area (TPSA) is 72.7 Å². The number of para-hydroxylation sites is 1. The maximum atomic E-state index is 11.6. The number of benzene rings is 1. The first-order chi connectivity index (χ1) is 10.0. The SMILES string of the molecule is CCOc1cccc(N2CCCC(C(C)=O)C2)c1[N+](=O)[O-]. The van der Waals surface area contributed by atoms with Crippen molar-refractivity contribution in [3.63, 3.8) is 0 Å². The first kappa shape index (κ1) is 15.3. The summed E-state index contributed by atoms with van der Waals surface area (Å²) < 4.78 is 5.37. The number of Topliss-reactive ketones (excluding diaryl/α,β-unsaturated/α-hetero) is 1.